The molecular formula is C26H19NOS. The molecule has 1 unspecified atom stereocenters. The van der Waals surface area contributed by atoms with Crippen LogP contribution in [0.15, 0.2) is 119 Å². The summed E-state index contributed by atoms with van der Waals surface area (Å²) in [5.74, 6) is 0. The number of hydrogen-bond acceptors (Lipinski definition) is 2. The zero-order valence-electron chi connectivity index (χ0n) is 15.7. The van der Waals surface area contributed by atoms with Crippen LogP contribution >= 0.6 is 0 Å². The molecule has 0 bridgehead atoms. The van der Waals surface area contributed by atoms with Gasteiger partial charge in [0.25, 0.3) is 0 Å². The fourth-order valence-corrected chi connectivity index (χ4v) is 5.79. The maximum Gasteiger partial charge on any atom is 0.0847 e. The van der Waals surface area contributed by atoms with Crippen LogP contribution in [0.5, 0.6) is 0 Å². The molecule has 0 radical (unpaired) electrons. The van der Waals surface area contributed by atoms with Crippen LogP contribution in [0.2, 0.25) is 0 Å². The van der Waals surface area contributed by atoms with Crippen molar-refractivity contribution in [2.45, 2.75) is 10.3 Å². The molecule has 0 amide bonds. The highest BCUT2D eigenvalue weighted by atomic mass is 32.2. The molecule has 1 aromatic heterocycles. The van der Waals surface area contributed by atoms with E-state index >= 15 is 0 Å². The predicted molar refractivity (Wildman–Crippen MR) is 118 cm³/mol. The Morgan fingerprint density at radius 3 is 1.55 bits per heavy atom. The van der Waals surface area contributed by atoms with Crippen molar-refractivity contribution in [2.24, 2.45) is 0 Å². The summed E-state index contributed by atoms with van der Waals surface area (Å²) in [7, 11) is -1.31. The van der Waals surface area contributed by atoms with E-state index in [2.05, 4.69) is 41.4 Å². The van der Waals surface area contributed by atoms with Crippen molar-refractivity contribution in [1.29, 1.82) is 0 Å². The molecule has 140 valence electrons. The molecule has 2 nitrogen and oxygen atoms in total. The van der Waals surface area contributed by atoms with Crippen LogP contribution in [0, 0.1) is 0 Å². The Labute approximate surface area is 173 Å². The SMILES string of the molecule is O=S1C(C(c2ccccc2)(c2ccccc2)c2ccccc2)=Cc2ncccc21. The smallest absolute Gasteiger partial charge is 0.0847 e. The molecule has 0 saturated heterocycles. The fourth-order valence-electron chi connectivity index (χ4n) is 4.20. The lowest BCUT2D eigenvalue weighted by molar-refractivity contribution is 0.678. The third-order valence-electron chi connectivity index (χ3n) is 5.46. The number of allylic oxidation sites excluding steroid dienone is 1. The molecule has 4 aromatic rings. The number of pyridine rings is 1. The van der Waals surface area contributed by atoms with E-state index in [4.69, 9.17) is 0 Å². The van der Waals surface area contributed by atoms with Gasteiger partial charge in [0, 0.05) is 11.1 Å². The average Bonchev–Trinajstić information content (AvgIpc) is 3.14. The van der Waals surface area contributed by atoms with E-state index in [1.54, 1.807) is 6.20 Å². The number of hydrogen-bond donors (Lipinski definition) is 0. The third-order valence-corrected chi connectivity index (χ3v) is 7.03. The van der Waals surface area contributed by atoms with Crippen molar-refractivity contribution in [3.63, 3.8) is 0 Å². The van der Waals surface area contributed by atoms with E-state index in [-0.39, 0.29) is 0 Å². The van der Waals surface area contributed by atoms with Crippen molar-refractivity contribution in [3.05, 3.63) is 137 Å². The molecule has 2 heterocycles. The van der Waals surface area contributed by atoms with Gasteiger partial charge < -0.3 is 0 Å². The summed E-state index contributed by atoms with van der Waals surface area (Å²) >= 11 is 0. The summed E-state index contributed by atoms with van der Waals surface area (Å²) in [6.07, 6.45) is 3.77. The van der Waals surface area contributed by atoms with Gasteiger partial charge in [-0.15, -0.1) is 0 Å². The maximum atomic E-state index is 13.8. The molecular weight excluding hydrogens is 374 g/mol. The Balaban J connectivity index is 1.89. The van der Waals surface area contributed by atoms with E-state index in [1.165, 1.54) is 0 Å². The van der Waals surface area contributed by atoms with Gasteiger partial charge in [0.2, 0.25) is 0 Å². The van der Waals surface area contributed by atoms with Gasteiger partial charge in [-0.1, -0.05) is 91.0 Å². The highest BCUT2D eigenvalue weighted by molar-refractivity contribution is 7.89. The molecule has 0 N–H and O–H groups in total. The molecule has 0 spiro atoms. The van der Waals surface area contributed by atoms with E-state index in [0.717, 1.165) is 32.2 Å². The molecule has 29 heavy (non-hydrogen) atoms. The lowest BCUT2D eigenvalue weighted by Gasteiger charge is -2.36. The van der Waals surface area contributed by atoms with E-state index in [0.29, 0.717) is 0 Å². The van der Waals surface area contributed by atoms with Gasteiger partial charge in [0.15, 0.2) is 0 Å². The molecule has 0 saturated carbocycles. The van der Waals surface area contributed by atoms with Crippen LogP contribution in [-0.2, 0) is 16.2 Å². The highest BCUT2D eigenvalue weighted by Gasteiger charge is 2.45. The molecule has 0 aliphatic carbocycles. The first kappa shape index (κ1) is 17.8. The third kappa shape index (κ3) is 2.78. The lowest BCUT2D eigenvalue weighted by atomic mass is 9.69. The average molecular weight is 394 g/mol. The predicted octanol–water partition coefficient (Wildman–Crippen LogP) is 5.58. The fraction of sp³-hybridized carbons (Fsp3) is 0.0385. The number of fused-ring (bicyclic) bond motifs is 1. The highest BCUT2D eigenvalue weighted by Crippen LogP contribution is 2.50. The van der Waals surface area contributed by atoms with Gasteiger partial charge in [-0.25, -0.2) is 4.21 Å². The standard InChI is InChI=1S/C26H19NOS/c28-29-24-17-10-18-27-23(24)19-25(29)26(20-11-4-1-5-12-20,21-13-6-2-7-14-21)22-15-8-3-9-16-22/h1-19H. The summed E-state index contributed by atoms with van der Waals surface area (Å²) in [4.78, 5) is 6.10. The topological polar surface area (TPSA) is 30.0 Å². The van der Waals surface area contributed by atoms with Crippen LogP contribution in [0.4, 0.5) is 0 Å². The van der Waals surface area contributed by atoms with Gasteiger partial charge in [0.05, 0.1) is 26.8 Å². The van der Waals surface area contributed by atoms with Crippen molar-refractivity contribution in [1.82, 2.24) is 4.98 Å². The summed E-state index contributed by atoms with van der Waals surface area (Å²) < 4.78 is 13.8. The Kier molecular flexibility index (Phi) is 4.45. The molecule has 1 atom stereocenters. The van der Waals surface area contributed by atoms with Gasteiger partial charge in [0.1, 0.15) is 0 Å². The molecule has 1 aliphatic rings. The lowest BCUT2D eigenvalue weighted by Crippen LogP contribution is -2.32. The second-order valence-electron chi connectivity index (χ2n) is 7.01. The molecule has 1 aliphatic heterocycles. The van der Waals surface area contributed by atoms with E-state index in [1.807, 2.05) is 72.8 Å². The van der Waals surface area contributed by atoms with Crippen molar-refractivity contribution in [2.75, 3.05) is 0 Å². The number of rotatable bonds is 4. The number of nitrogens with zero attached hydrogens (tertiary/aromatic N) is 1. The van der Waals surface area contributed by atoms with Crippen molar-refractivity contribution < 1.29 is 4.21 Å². The van der Waals surface area contributed by atoms with E-state index < -0.39 is 16.2 Å². The van der Waals surface area contributed by atoms with Gasteiger partial charge in [-0.2, -0.15) is 0 Å². The summed E-state index contributed by atoms with van der Waals surface area (Å²) in [6, 6.07) is 34.8. The summed E-state index contributed by atoms with van der Waals surface area (Å²) in [5, 5.41) is 0. The van der Waals surface area contributed by atoms with E-state index in [9.17, 15) is 4.21 Å². The monoisotopic (exact) mass is 393 g/mol. The first-order valence-electron chi connectivity index (χ1n) is 9.57. The Bertz CT molecular complexity index is 1100. The minimum absolute atomic E-state index is 0.671. The Morgan fingerprint density at radius 1 is 0.621 bits per heavy atom. The molecule has 0 fully saturated rings. The maximum absolute atomic E-state index is 13.8. The number of benzene rings is 3. The zero-order valence-corrected chi connectivity index (χ0v) is 16.5. The van der Waals surface area contributed by atoms with Gasteiger partial charge >= 0.3 is 0 Å². The largest absolute Gasteiger partial charge is 0.256 e. The Morgan fingerprint density at radius 2 is 1.10 bits per heavy atom. The van der Waals surface area contributed by atoms with Gasteiger partial charge in [-0.05, 0) is 34.9 Å². The quantitative estimate of drug-likeness (QED) is 0.424. The Hall–Kier alpha value is -3.30. The second kappa shape index (κ2) is 7.26. The van der Waals surface area contributed by atoms with Crippen molar-refractivity contribution in [3.8, 4) is 0 Å². The first-order chi connectivity index (χ1) is 14.3. The first-order valence-corrected chi connectivity index (χ1v) is 10.7. The summed E-state index contributed by atoms with van der Waals surface area (Å²) in [6.45, 7) is 0. The zero-order chi connectivity index (χ0) is 19.7. The summed E-state index contributed by atoms with van der Waals surface area (Å²) in [5.41, 5.74) is 3.38. The number of aromatic nitrogens is 1. The van der Waals surface area contributed by atoms with Gasteiger partial charge in [-0.3, -0.25) is 4.98 Å². The minimum atomic E-state index is -1.31. The second-order valence-corrected chi connectivity index (χ2v) is 8.43. The molecule has 5 rings (SSSR count). The van der Waals surface area contributed by atoms with Crippen molar-refractivity contribution >= 4 is 16.9 Å². The van der Waals surface area contributed by atoms with Crippen LogP contribution in [0.3, 0.4) is 0 Å². The van der Waals surface area contributed by atoms with Crippen LogP contribution in [0.1, 0.15) is 22.4 Å². The molecule has 3 aromatic carbocycles. The normalized spacial score (nSPS) is 15.6. The minimum Gasteiger partial charge on any atom is -0.256 e. The van der Waals surface area contributed by atoms with Crippen LogP contribution in [0.25, 0.3) is 6.08 Å². The molecule has 3 heteroatoms. The van der Waals surface area contributed by atoms with Crippen LogP contribution in [-0.4, -0.2) is 9.19 Å². The van der Waals surface area contributed by atoms with Crippen LogP contribution < -0.4 is 0 Å².